The van der Waals surface area contributed by atoms with Gasteiger partial charge in [0, 0.05) is 55.1 Å². The van der Waals surface area contributed by atoms with Crippen LogP contribution in [0.15, 0.2) is 73.4 Å². The van der Waals surface area contributed by atoms with Crippen molar-refractivity contribution in [3.8, 4) is 0 Å². The van der Waals surface area contributed by atoms with Gasteiger partial charge in [-0.15, -0.1) is 12.4 Å². The van der Waals surface area contributed by atoms with Gasteiger partial charge in [-0.3, -0.25) is 24.0 Å². The molecule has 0 bridgehead atoms. The van der Waals surface area contributed by atoms with Crippen LogP contribution in [0.1, 0.15) is 80.3 Å². The van der Waals surface area contributed by atoms with E-state index in [0.717, 1.165) is 16.5 Å². The van der Waals surface area contributed by atoms with Crippen molar-refractivity contribution in [3.05, 3.63) is 107 Å². The Labute approximate surface area is 346 Å². The van der Waals surface area contributed by atoms with Crippen molar-refractivity contribution in [1.82, 2.24) is 51.5 Å². The average molecular weight is 832 g/mol. The number of hydrogen-bond acceptors (Lipinski definition) is 10. The van der Waals surface area contributed by atoms with E-state index >= 15 is 0 Å². The Morgan fingerprint density at radius 2 is 1.32 bits per heavy atom. The molecule has 59 heavy (non-hydrogen) atoms. The molecule has 0 saturated heterocycles. The smallest absolute Gasteiger partial charge is 0.326 e. The van der Waals surface area contributed by atoms with Crippen LogP contribution in [0, 0.1) is 5.92 Å². The number of nitrogens with one attached hydrogen (secondary N) is 8. The quantitative estimate of drug-likeness (QED) is 0.0510. The second-order valence-electron chi connectivity index (χ2n) is 14.4. The number of rotatable bonds is 21. The largest absolute Gasteiger partial charge is 0.480 e. The number of ketones is 1. The first-order valence-corrected chi connectivity index (χ1v) is 18.9. The van der Waals surface area contributed by atoms with Crippen molar-refractivity contribution in [2.24, 2.45) is 11.7 Å². The van der Waals surface area contributed by atoms with Crippen molar-refractivity contribution in [2.75, 3.05) is 19.6 Å². The number of nitrogens with two attached hydrogens (primary N) is 1. The van der Waals surface area contributed by atoms with Crippen LogP contribution in [0.4, 0.5) is 0 Å². The third kappa shape index (κ3) is 12.3. The van der Waals surface area contributed by atoms with Gasteiger partial charge in [-0.25, -0.2) is 14.8 Å². The van der Waals surface area contributed by atoms with Crippen LogP contribution in [-0.2, 0) is 22.4 Å². The molecule has 5 aromatic rings. The van der Waals surface area contributed by atoms with Crippen LogP contribution >= 0.6 is 12.4 Å². The van der Waals surface area contributed by atoms with Crippen LogP contribution in [-0.4, -0.2) is 109 Å². The molecule has 4 atom stereocenters. The molecule has 0 aliphatic heterocycles. The summed E-state index contributed by atoms with van der Waals surface area (Å²) in [4.78, 5) is 95.7. The fourth-order valence-electron chi connectivity index (χ4n) is 6.42. The molecule has 19 heteroatoms. The number of carboxylic acid groups (broad SMARTS) is 1. The number of carbonyl (C=O) groups is 6. The number of nitrogens with zero attached hydrogens (tertiary/aromatic N) is 2. The summed E-state index contributed by atoms with van der Waals surface area (Å²) in [5.74, 6) is -4.29. The minimum absolute atomic E-state index is 0. The first-order chi connectivity index (χ1) is 27.8. The van der Waals surface area contributed by atoms with Crippen LogP contribution in [0.5, 0.6) is 0 Å². The zero-order valence-corrected chi connectivity index (χ0v) is 33.7. The van der Waals surface area contributed by atoms with E-state index in [4.69, 9.17) is 5.73 Å². The molecule has 11 N–H and O–H groups in total. The summed E-state index contributed by atoms with van der Waals surface area (Å²) < 4.78 is 0. The second kappa shape index (κ2) is 21.4. The maximum atomic E-state index is 13.9. The number of aliphatic carboxylic acids is 1. The Hall–Kier alpha value is -6.37. The predicted molar refractivity (Wildman–Crippen MR) is 221 cm³/mol. The monoisotopic (exact) mass is 831 g/mol. The van der Waals surface area contributed by atoms with Gasteiger partial charge in [0.2, 0.25) is 0 Å². The molecule has 0 spiro atoms. The number of H-pyrrole nitrogens is 3. The molecule has 0 saturated carbocycles. The minimum Gasteiger partial charge on any atom is -0.480 e. The normalized spacial score (nSPS) is 13.1. The van der Waals surface area contributed by atoms with Crippen LogP contribution in [0.3, 0.4) is 0 Å². The lowest BCUT2D eigenvalue weighted by molar-refractivity contribution is -0.139. The van der Waals surface area contributed by atoms with Crippen LogP contribution in [0.25, 0.3) is 10.9 Å². The van der Waals surface area contributed by atoms with E-state index in [1.807, 2.05) is 38.1 Å². The number of fused-ring (bicyclic) bond motifs is 1. The number of carboxylic acids is 1. The maximum absolute atomic E-state index is 13.9. The number of imidazole rings is 2. The minimum atomic E-state index is -1.26. The van der Waals surface area contributed by atoms with Crippen LogP contribution in [0.2, 0.25) is 0 Å². The summed E-state index contributed by atoms with van der Waals surface area (Å²) >= 11 is 0. The lowest BCUT2D eigenvalue weighted by Gasteiger charge is -2.22. The summed E-state index contributed by atoms with van der Waals surface area (Å²) in [6.07, 6.45) is 4.81. The number of hydrogen-bond donors (Lipinski definition) is 10. The zero-order chi connectivity index (χ0) is 41.8. The fourth-order valence-corrected chi connectivity index (χ4v) is 6.42. The standard InChI is InChI=1S/C40H49N11O7.ClH/c1-22(2)13-26(49-37(54)33-35(47-21-45-33)39(56)51-30(40(57)58)14-24-9-5-4-6-10-24)18-42-19-31(52)29(15-25-17-43-28-12-8-7-11-27(25)28)50-38(55)34-32(44-20-46-34)36(53)48-23(3)16-41;/h4-12,17,20-23,26,29-30,42-43H,13-16,18-19,41H2,1-3H3,(H,44,46)(H,45,47)(H,48,53)(H,49,54)(H,50,55)(H,51,56)(H,57,58);1H/t23-,26-,29-,30-;/m0./s1. The highest BCUT2D eigenvalue weighted by atomic mass is 35.5. The van der Waals surface area contributed by atoms with Crippen molar-refractivity contribution < 1.29 is 33.9 Å². The van der Waals surface area contributed by atoms with E-state index in [9.17, 15) is 33.9 Å². The average Bonchev–Trinajstić information content (AvgIpc) is 3.98. The second-order valence-corrected chi connectivity index (χ2v) is 14.4. The summed E-state index contributed by atoms with van der Waals surface area (Å²) in [6.45, 7) is 5.76. The lowest BCUT2D eigenvalue weighted by Crippen LogP contribution is -2.49. The molecule has 2 aromatic carbocycles. The summed E-state index contributed by atoms with van der Waals surface area (Å²) in [5.41, 5.74) is 7.29. The van der Waals surface area contributed by atoms with Gasteiger partial charge in [-0.05, 0) is 36.5 Å². The number of Topliss-reactive ketones (excluding diaryl/α,β-unsaturated/α-hetero) is 1. The van der Waals surface area contributed by atoms with Gasteiger partial charge in [-0.1, -0.05) is 62.4 Å². The Morgan fingerprint density at radius 1 is 0.729 bits per heavy atom. The summed E-state index contributed by atoms with van der Waals surface area (Å²) in [7, 11) is 0. The number of amides is 4. The third-order valence-electron chi connectivity index (χ3n) is 9.35. The fraction of sp³-hybridized carbons (Fsp3) is 0.350. The highest BCUT2D eigenvalue weighted by Crippen LogP contribution is 2.20. The van der Waals surface area contributed by atoms with Crippen molar-refractivity contribution in [2.45, 2.75) is 64.2 Å². The van der Waals surface area contributed by atoms with Gasteiger partial charge in [-0.2, -0.15) is 0 Å². The Balaban J connectivity index is 0.00000769. The van der Waals surface area contributed by atoms with E-state index in [1.165, 1.54) is 12.7 Å². The molecule has 5 rings (SSSR count). The van der Waals surface area contributed by atoms with Crippen molar-refractivity contribution in [1.29, 1.82) is 0 Å². The Morgan fingerprint density at radius 3 is 1.93 bits per heavy atom. The molecular formula is C40H50ClN11O7. The van der Waals surface area contributed by atoms with E-state index in [2.05, 4.69) is 51.5 Å². The van der Waals surface area contributed by atoms with E-state index < -0.39 is 47.7 Å². The predicted octanol–water partition coefficient (Wildman–Crippen LogP) is 1.88. The number of para-hydroxylation sites is 1. The number of aromatic nitrogens is 5. The molecule has 0 unspecified atom stereocenters. The number of carbonyl (C=O) groups excluding carboxylic acids is 5. The summed E-state index contributed by atoms with van der Waals surface area (Å²) in [5, 5.41) is 24.6. The van der Waals surface area contributed by atoms with Gasteiger partial charge < -0.3 is 52.4 Å². The van der Waals surface area contributed by atoms with Gasteiger partial charge >= 0.3 is 5.97 Å². The molecule has 3 aromatic heterocycles. The molecule has 4 amide bonds. The molecule has 3 heterocycles. The van der Waals surface area contributed by atoms with Gasteiger partial charge in [0.25, 0.3) is 23.6 Å². The van der Waals surface area contributed by atoms with Crippen LogP contribution < -0.4 is 32.3 Å². The number of aromatic amines is 3. The topological polar surface area (TPSA) is 282 Å². The van der Waals surface area contributed by atoms with Crippen molar-refractivity contribution in [3.63, 3.8) is 0 Å². The van der Waals surface area contributed by atoms with Gasteiger partial charge in [0.1, 0.15) is 17.4 Å². The van der Waals surface area contributed by atoms with Crippen molar-refractivity contribution >= 4 is 58.7 Å². The molecule has 0 radical (unpaired) electrons. The zero-order valence-electron chi connectivity index (χ0n) is 32.8. The maximum Gasteiger partial charge on any atom is 0.326 e. The number of halogens is 1. The molecule has 0 aliphatic rings. The van der Waals surface area contributed by atoms with E-state index in [1.54, 1.807) is 43.5 Å². The molecule has 0 fully saturated rings. The SMILES string of the molecule is CC(C)C[C@@H](CNCC(=O)[C@H](Cc1c[nH]c2ccccc12)NC(=O)c1[nH]cnc1C(=O)N[C@@H](C)CN)NC(=O)c1nc[nH]c1C(=O)N[C@@H](Cc1ccccc1)C(=O)O.Cl. The first kappa shape index (κ1) is 45.3. The molecule has 0 aliphatic carbocycles. The van der Waals surface area contributed by atoms with E-state index in [-0.39, 0.29) is 85.4 Å². The third-order valence-corrected chi connectivity index (χ3v) is 9.35. The molecule has 18 nitrogen and oxygen atoms in total. The van der Waals surface area contributed by atoms with Gasteiger partial charge in [0.15, 0.2) is 17.2 Å². The van der Waals surface area contributed by atoms with Gasteiger partial charge in [0.05, 0.1) is 25.2 Å². The lowest BCUT2D eigenvalue weighted by atomic mass is 10.0. The Bertz CT molecular complexity index is 2220. The highest BCUT2D eigenvalue weighted by molar-refractivity contribution is 6.07. The first-order valence-electron chi connectivity index (χ1n) is 18.9. The molecule has 314 valence electrons. The highest BCUT2D eigenvalue weighted by Gasteiger charge is 2.29. The number of benzene rings is 2. The summed E-state index contributed by atoms with van der Waals surface area (Å²) in [6, 6.07) is 13.2. The van der Waals surface area contributed by atoms with E-state index in [0.29, 0.717) is 12.0 Å². The molecular weight excluding hydrogens is 782 g/mol. The Kier molecular flexibility index (Phi) is 16.4.